The van der Waals surface area contributed by atoms with E-state index in [1.807, 2.05) is 59.7 Å². The van der Waals surface area contributed by atoms with Gasteiger partial charge < -0.3 is 9.64 Å². The minimum Gasteiger partial charge on any atom is -0.497 e. The Morgan fingerprint density at radius 2 is 1.70 bits per heavy atom. The molecule has 1 aliphatic heterocycles. The molecule has 27 heavy (non-hydrogen) atoms. The van der Waals surface area contributed by atoms with Crippen LogP contribution in [-0.2, 0) is 0 Å². The largest absolute Gasteiger partial charge is 0.497 e. The normalized spacial score (nSPS) is 15.8. The van der Waals surface area contributed by atoms with Gasteiger partial charge in [-0.3, -0.25) is 9.69 Å². The van der Waals surface area contributed by atoms with E-state index in [1.54, 1.807) is 18.9 Å². The van der Waals surface area contributed by atoms with Gasteiger partial charge in [0.2, 0.25) is 0 Å². The minimum absolute atomic E-state index is 0.0558. The number of amides is 1. The van der Waals surface area contributed by atoms with Gasteiger partial charge in [0.15, 0.2) is 0 Å². The molecule has 2 aromatic rings. The summed E-state index contributed by atoms with van der Waals surface area (Å²) in [5, 5.41) is 9.66. The van der Waals surface area contributed by atoms with Crippen molar-refractivity contribution in [3.63, 3.8) is 0 Å². The van der Waals surface area contributed by atoms with Crippen molar-refractivity contribution >= 4 is 17.7 Å². The Balaban J connectivity index is 1.62. The Morgan fingerprint density at radius 1 is 1.07 bits per heavy atom. The highest BCUT2D eigenvalue weighted by atomic mass is 32.2. The van der Waals surface area contributed by atoms with Crippen LogP contribution in [-0.4, -0.2) is 55.3 Å². The first-order valence-corrected chi connectivity index (χ1v) is 10.1. The van der Waals surface area contributed by atoms with Gasteiger partial charge in [-0.05, 0) is 48.2 Å². The van der Waals surface area contributed by atoms with Crippen molar-refractivity contribution in [1.29, 1.82) is 5.26 Å². The summed E-state index contributed by atoms with van der Waals surface area (Å²) < 4.78 is 5.18. The van der Waals surface area contributed by atoms with Crippen molar-refractivity contribution in [2.75, 3.05) is 39.5 Å². The second-order valence-electron chi connectivity index (χ2n) is 6.36. The number of carbonyl (C=O) groups is 1. The molecule has 1 saturated heterocycles. The highest BCUT2D eigenvalue weighted by molar-refractivity contribution is 7.98. The van der Waals surface area contributed by atoms with Gasteiger partial charge >= 0.3 is 0 Å². The lowest BCUT2D eigenvalue weighted by atomic mass is 10.1. The van der Waals surface area contributed by atoms with Gasteiger partial charge in [-0.15, -0.1) is 11.8 Å². The number of piperazine rings is 1. The van der Waals surface area contributed by atoms with Crippen molar-refractivity contribution < 1.29 is 9.53 Å². The van der Waals surface area contributed by atoms with Crippen LogP contribution < -0.4 is 4.74 Å². The number of benzene rings is 2. The molecule has 0 aliphatic carbocycles. The van der Waals surface area contributed by atoms with E-state index in [2.05, 4.69) is 11.0 Å². The molecule has 1 aliphatic rings. The maximum atomic E-state index is 12.7. The number of methoxy groups -OCH3 is 1. The molecule has 6 heteroatoms. The predicted molar refractivity (Wildman–Crippen MR) is 107 cm³/mol. The summed E-state index contributed by atoms with van der Waals surface area (Å²) in [7, 11) is 1.63. The summed E-state index contributed by atoms with van der Waals surface area (Å²) in [4.78, 5) is 17.8. The van der Waals surface area contributed by atoms with Crippen LogP contribution in [0.15, 0.2) is 53.4 Å². The van der Waals surface area contributed by atoms with E-state index in [9.17, 15) is 10.1 Å². The van der Waals surface area contributed by atoms with Gasteiger partial charge in [-0.2, -0.15) is 5.26 Å². The van der Waals surface area contributed by atoms with E-state index in [0.717, 1.165) is 16.2 Å². The summed E-state index contributed by atoms with van der Waals surface area (Å²) in [5.74, 6) is 0.832. The van der Waals surface area contributed by atoms with Crippen LogP contribution in [0, 0.1) is 11.3 Å². The third-order valence-electron chi connectivity index (χ3n) is 4.86. The lowest BCUT2D eigenvalue weighted by molar-refractivity contribution is 0.0606. The molecule has 0 aromatic heterocycles. The third-order valence-corrected chi connectivity index (χ3v) is 5.60. The number of hydrogen-bond acceptors (Lipinski definition) is 5. The van der Waals surface area contributed by atoms with E-state index < -0.39 is 0 Å². The molecule has 1 atom stereocenters. The molecule has 0 saturated carbocycles. The van der Waals surface area contributed by atoms with Crippen LogP contribution in [0.25, 0.3) is 0 Å². The van der Waals surface area contributed by atoms with Gasteiger partial charge in [0.1, 0.15) is 11.8 Å². The first kappa shape index (κ1) is 19.3. The molecule has 0 spiro atoms. The minimum atomic E-state index is -0.311. The summed E-state index contributed by atoms with van der Waals surface area (Å²) >= 11 is 1.66. The SMILES string of the molecule is COc1ccc(C(C#N)N2CCN(C(=O)c3ccc(SC)cc3)CC2)cc1. The maximum absolute atomic E-state index is 12.7. The fourth-order valence-corrected chi connectivity index (χ4v) is 3.66. The van der Waals surface area contributed by atoms with Gasteiger partial charge in [-0.1, -0.05) is 12.1 Å². The highest BCUT2D eigenvalue weighted by Crippen LogP contribution is 2.24. The van der Waals surface area contributed by atoms with Crippen LogP contribution in [0.2, 0.25) is 0 Å². The average Bonchev–Trinajstić information content (AvgIpc) is 2.75. The molecule has 0 N–H and O–H groups in total. The molecule has 5 nitrogen and oxygen atoms in total. The predicted octanol–water partition coefficient (Wildman–Crippen LogP) is 3.44. The zero-order chi connectivity index (χ0) is 19.2. The van der Waals surface area contributed by atoms with E-state index in [4.69, 9.17) is 4.74 Å². The molecule has 0 bridgehead atoms. The van der Waals surface area contributed by atoms with E-state index in [0.29, 0.717) is 31.7 Å². The Hall–Kier alpha value is -2.49. The second kappa shape index (κ2) is 8.94. The fraction of sp³-hybridized carbons (Fsp3) is 0.333. The number of hydrogen-bond donors (Lipinski definition) is 0. The lowest BCUT2D eigenvalue weighted by Crippen LogP contribution is -2.49. The van der Waals surface area contributed by atoms with Crippen LogP contribution in [0.1, 0.15) is 22.0 Å². The highest BCUT2D eigenvalue weighted by Gasteiger charge is 2.27. The maximum Gasteiger partial charge on any atom is 0.253 e. The standard InChI is InChI=1S/C21H23N3O2S/c1-26-18-7-3-16(4-8-18)20(15-22)23-11-13-24(14-12-23)21(25)17-5-9-19(27-2)10-6-17/h3-10,20H,11-14H2,1-2H3. The number of ether oxygens (including phenoxy) is 1. The number of rotatable bonds is 5. The first-order valence-electron chi connectivity index (χ1n) is 8.87. The fourth-order valence-electron chi connectivity index (χ4n) is 3.25. The van der Waals surface area contributed by atoms with Gasteiger partial charge in [0.25, 0.3) is 5.91 Å². The molecule has 1 fully saturated rings. The summed E-state index contributed by atoms with van der Waals surface area (Å²) in [6, 6.07) is 17.4. The number of carbonyl (C=O) groups excluding carboxylic acids is 1. The third kappa shape index (κ3) is 4.44. The van der Waals surface area contributed by atoms with Gasteiger partial charge in [0.05, 0.1) is 13.2 Å². The molecule has 1 unspecified atom stereocenters. The Morgan fingerprint density at radius 3 is 2.22 bits per heavy atom. The first-order chi connectivity index (χ1) is 13.2. The molecular weight excluding hydrogens is 358 g/mol. The summed E-state index contributed by atoms with van der Waals surface area (Å²) in [6.45, 7) is 2.60. The Bertz CT molecular complexity index is 807. The molecule has 0 radical (unpaired) electrons. The van der Waals surface area contributed by atoms with E-state index >= 15 is 0 Å². The number of nitrogens with zero attached hydrogens (tertiary/aromatic N) is 3. The summed E-state index contributed by atoms with van der Waals surface area (Å²) in [5.41, 5.74) is 1.67. The van der Waals surface area contributed by atoms with E-state index in [-0.39, 0.29) is 11.9 Å². The smallest absolute Gasteiger partial charge is 0.253 e. The monoisotopic (exact) mass is 381 g/mol. The Labute approximate surface area is 164 Å². The second-order valence-corrected chi connectivity index (χ2v) is 7.24. The topological polar surface area (TPSA) is 56.6 Å². The zero-order valence-corrected chi connectivity index (χ0v) is 16.4. The van der Waals surface area contributed by atoms with Crippen molar-refractivity contribution in [3.8, 4) is 11.8 Å². The summed E-state index contributed by atoms with van der Waals surface area (Å²) in [6.07, 6.45) is 2.02. The van der Waals surface area contributed by atoms with Crippen molar-refractivity contribution in [3.05, 3.63) is 59.7 Å². The van der Waals surface area contributed by atoms with Gasteiger partial charge in [0, 0.05) is 36.6 Å². The molecule has 2 aromatic carbocycles. The molecule has 3 rings (SSSR count). The van der Waals surface area contributed by atoms with Crippen molar-refractivity contribution in [2.45, 2.75) is 10.9 Å². The Kier molecular flexibility index (Phi) is 6.38. The lowest BCUT2D eigenvalue weighted by Gasteiger charge is -2.37. The zero-order valence-electron chi connectivity index (χ0n) is 15.6. The molecule has 140 valence electrons. The van der Waals surface area contributed by atoms with Crippen LogP contribution in [0.4, 0.5) is 0 Å². The quantitative estimate of drug-likeness (QED) is 0.743. The van der Waals surface area contributed by atoms with Gasteiger partial charge in [-0.25, -0.2) is 0 Å². The number of nitriles is 1. The average molecular weight is 382 g/mol. The van der Waals surface area contributed by atoms with E-state index in [1.165, 1.54) is 0 Å². The van der Waals surface area contributed by atoms with Crippen LogP contribution >= 0.6 is 11.8 Å². The number of thioether (sulfide) groups is 1. The van der Waals surface area contributed by atoms with Crippen LogP contribution in [0.3, 0.4) is 0 Å². The molecular formula is C21H23N3O2S. The van der Waals surface area contributed by atoms with Crippen molar-refractivity contribution in [1.82, 2.24) is 9.80 Å². The molecule has 1 heterocycles. The van der Waals surface area contributed by atoms with Crippen LogP contribution in [0.5, 0.6) is 5.75 Å². The molecule has 1 amide bonds. The van der Waals surface area contributed by atoms with Crippen molar-refractivity contribution in [2.24, 2.45) is 0 Å².